The fourth-order valence-corrected chi connectivity index (χ4v) is 3.28. The van der Waals surface area contributed by atoms with Crippen molar-refractivity contribution in [3.8, 4) is 22.8 Å². The summed E-state index contributed by atoms with van der Waals surface area (Å²) in [4.78, 5) is 7.93. The van der Waals surface area contributed by atoms with E-state index in [9.17, 15) is 10.2 Å². The fourth-order valence-electron chi connectivity index (χ4n) is 2.94. The molecule has 0 amide bonds. The number of imidazole rings is 1. The van der Waals surface area contributed by atoms with Crippen LogP contribution in [0.4, 0.5) is 0 Å². The number of benzene rings is 2. The van der Waals surface area contributed by atoms with Gasteiger partial charge in [0, 0.05) is 10.0 Å². The first-order valence-corrected chi connectivity index (χ1v) is 8.94. The summed E-state index contributed by atoms with van der Waals surface area (Å²) in [6.07, 6.45) is 0. The van der Waals surface area contributed by atoms with Gasteiger partial charge in [-0.05, 0) is 47.9 Å². The molecule has 4 rings (SSSR count). The van der Waals surface area contributed by atoms with Crippen LogP contribution in [0.1, 0.15) is 16.7 Å². The number of aliphatic hydroxyl groups is 2. The minimum atomic E-state index is -0.126. The molecule has 2 aromatic heterocycles. The molecule has 0 aliphatic carbocycles. The van der Waals surface area contributed by atoms with Crippen molar-refractivity contribution in [3.05, 3.63) is 57.6 Å². The van der Waals surface area contributed by atoms with Crippen LogP contribution in [0.3, 0.4) is 0 Å². The minimum absolute atomic E-state index is 0.101. The second kappa shape index (κ2) is 6.68. The van der Waals surface area contributed by atoms with E-state index in [0.717, 1.165) is 38.0 Å². The lowest BCUT2D eigenvalue weighted by Gasteiger charge is -2.06. The number of halogens is 1. The van der Waals surface area contributed by atoms with E-state index in [1.165, 1.54) is 0 Å². The Morgan fingerprint density at radius 3 is 2.62 bits per heavy atom. The Bertz CT molecular complexity index is 1060. The number of aliphatic hydroxyl groups excluding tert-OH is 2. The molecule has 2 heterocycles. The molecule has 2 aromatic carbocycles. The first-order chi connectivity index (χ1) is 12.6. The first-order valence-electron chi connectivity index (χ1n) is 8.14. The molecule has 4 N–H and O–H groups in total. The second-order valence-electron chi connectivity index (χ2n) is 6.17. The maximum Gasteiger partial charge on any atom is 0.156 e. The van der Waals surface area contributed by atoms with Crippen LogP contribution < -0.4 is 0 Å². The van der Waals surface area contributed by atoms with Crippen LogP contribution in [0, 0.1) is 6.92 Å². The normalized spacial score (nSPS) is 11.4. The number of aromatic amines is 2. The lowest BCUT2D eigenvalue weighted by Crippen LogP contribution is -1.94. The van der Waals surface area contributed by atoms with Crippen LogP contribution >= 0.6 is 15.9 Å². The number of rotatable bonds is 4. The van der Waals surface area contributed by atoms with Gasteiger partial charge in [-0.25, -0.2) is 4.98 Å². The summed E-state index contributed by atoms with van der Waals surface area (Å²) >= 11 is 3.53. The molecule has 0 spiro atoms. The summed E-state index contributed by atoms with van der Waals surface area (Å²) in [6, 6.07) is 11.5. The maximum absolute atomic E-state index is 9.47. The lowest BCUT2D eigenvalue weighted by atomic mass is 10.0. The van der Waals surface area contributed by atoms with Crippen LogP contribution in [-0.4, -0.2) is 30.4 Å². The van der Waals surface area contributed by atoms with Crippen LogP contribution in [0.15, 0.2) is 40.9 Å². The van der Waals surface area contributed by atoms with Crippen LogP contribution in [0.5, 0.6) is 0 Å². The van der Waals surface area contributed by atoms with Crippen molar-refractivity contribution in [1.82, 2.24) is 20.2 Å². The van der Waals surface area contributed by atoms with Crippen LogP contribution in [0.2, 0.25) is 0 Å². The van der Waals surface area contributed by atoms with Gasteiger partial charge < -0.3 is 15.2 Å². The Kier molecular flexibility index (Phi) is 4.36. The van der Waals surface area contributed by atoms with E-state index in [1.54, 1.807) is 6.07 Å². The van der Waals surface area contributed by atoms with Gasteiger partial charge in [-0.1, -0.05) is 28.1 Å². The largest absolute Gasteiger partial charge is 0.392 e. The molecular formula is C19H17BrN4O2. The van der Waals surface area contributed by atoms with Crippen LogP contribution in [-0.2, 0) is 13.2 Å². The number of fused-ring (bicyclic) bond motifs is 1. The molecule has 0 radical (unpaired) electrons. The fraction of sp³-hybridized carbons (Fsp3) is 0.158. The SMILES string of the molecule is Cc1cc2[nH]c(-c3cc(-c4ccc(CO)c(CO)c4)n[nH]3)nc2cc1Br. The van der Waals surface area contributed by atoms with Gasteiger partial charge in [-0.3, -0.25) is 5.10 Å². The number of hydrogen-bond donors (Lipinski definition) is 4. The van der Waals surface area contributed by atoms with Gasteiger partial charge in [0.25, 0.3) is 0 Å². The number of nitrogens with zero attached hydrogens (tertiary/aromatic N) is 2. The molecule has 132 valence electrons. The summed E-state index contributed by atoms with van der Waals surface area (Å²) < 4.78 is 1.02. The quantitative estimate of drug-likeness (QED) is 0.410. The van der Waals surface area contributed by atoms with Gasteiger partial charge >= 0.3 is 0 Å². The molecule has 0 aliphatic rings. The van der Waals surface area contributed by atoms with Crippen molar-refractivity contribution in [3.63, 3.8) is 0 Å². The molecule has 26 heavy (non-hydrogen) atoms. The average Bonchev–Trinajstić information content (AvgIpc) is 3.28. The zero-order valence-electron chi connectivity index (χ0n) is 14.0. The van der Waals surface area contributed by atoms with Crippen molar-refractivity contribution in [2.75, 3.05) is 0 Å². The zero-order valence-corrected chi connectivity index (χ0v) is 15.6. The summed E-state index contributed by atoms with van der Waals surface area (Å²) in [5.41, 5.74) is 6.78. The van der Waals surface area contributed by atoms with E-state index in [-0.39, 0.29) is 13.2 Å². The average molecular weight is 413 g/mol. The molecule has 0 bridgehead atoms. The van der Waals surface area contributed by atoms with Gasteiger partial charge in [0.2, 0.25) is 0 Å². The Balaban J connectivity index is 1.72. The van der Waals surface area contributed by atoms with Crippen molar-refractivity contribution >= 4 is 27.0 Å². The molecule has 0 unspecified atom stereocenters. The standard InChI is InChI=1S/C19H17BrN4O2/c1-10-4-16-17(6-14(10)20)22-19(21-16)18-7-15(23-24-18)11-2-3-12(8-25)13(5-11)9-26/h2-7,25-26H,8-9H2,1H3,(H,21,22)(H,23,24). The zero-order chi connectivity index (χ0) is 18.3. The van der Waals surface area contributed by atoms with Gasteiger partial charge in [-0.15, -0.1) is 0 Å². The predicted octanol–water partition coefficient (Wildman–Crippen LogP) is 3.68. The number of aromatic nitrogens is 4. The highest BCUT2D eigenvalue weighted by Crippen LogP contribution is 2.28. The third-order valence-corrected chi connectivity index (χ3v) is 5.29. The molecule has 0 aliphatic heterocycles. The number of hydrogen-bond acceptors (Lipinski definition) is 4. The Morgan fingerprint density at radius 2 is 1.85 bits per heavy atom. The molecule has 0 saturated heterocycles. The molecule has 7 heteroatoms. The third-order valence-electron chi connectivity index (χ3n) is 4.44. The number of aryl methyl sites for hydroxylation is 1. The number of nitrogens with one attached hydrogen (secondary N) is 2. The molecule has 0 fully saturated rings. The van der Waals surface area contributed by atoms with Crippen molar-refractivity contribution in [1.29, 1.82) is 0 Å². The summed E-state index contributed by atoms with van der Waals surface area (Å²) in [5, 5.41) is 26.2. The first kappa shape index (κ1) is 17.0. The monoisotopic (exact) mass is 412 g/mol. The topological polar surface area (TPSA) is 97.8 Å². The summed E-state index contributed by atoms with van der Waals surface area (Å²) in [5.74, 6) is 0.714. The van der Waals surface area contributed by atoms with Crippen molar-refractivity contribution < 1.29 is 10.2 Å². The van der Waals surface area contributed by atoms with Gasteiger partial charge in [0.05, 0.1) is 29.9 Å². The Morgan fingerprint density at radius 1 is 1.04 bits per heavy atom. The van der Waals surface area contributed by atoms with Crippen molar-refractivity contribution in [2.24, 2.45) is 0 Å². The highest BCUT2D eigenvalue weighted by atomic mass is 79.9. The Labute approximate surface area is 158 Å². The molecule has 0 atom stereocenters. The maximum atomic E-state index is 9.47. The Hall–Kier alpha value is -2.48. The van der Waals surface area contributed by atoms with E-state index in [0.29, 0.717) is 17.0 Å². The van der Waals surface area contributed by atoms with E-state index in [1.807, 2.05) is 37.3 Å². The van der Waals surface area contributed by atoms with Gasteiger partial charge in [0.1, 0.15) is 5.69 Å². The molecule has 4 aromatic rings. The lowest BCUT2D eigenvalue weighted by molar-refractivity contribution is 0.260. The molecular weight excluding hydrogens is 396 g/mol. The predicted molar refractivity (Wildman–Crippen MR) is 103 cm³/mol. The smallest absolute Gasteiger partial charge is 0.156 e. The van der Waals surface area contributed by atoms with Crippen LogP contribution in [0.25, 0.3) is 33.8 Å². The summed E-state index contributed by atoms with van der Waals surface area (Å²) in [6.45, 7) is 1.81. The third kappa shape index (κ3) is 2.94. The molecule has 6 nitrogen and oxygen atoms in total. The van der Waals surface area contributed by atoms with E-state index in [2.05, 4.69) is 36.1 Å². The molecule has 0 saturated carbocycles. The highest BCUT2D eigenvalue weighted by Gasteiger charge is 2.12. The van der Waals surface area contributed by atoms with E-state index < -0.39 is 0 Å². The van der Waals surface area contributed by atoms with E-state index >= 15 is 0 Å². The minimum Gasteiger partial charge on any atom is -0.392 e. The second-order valence-corrected chi connectivity index (χ2v) is 7.02. The van der Waals surface area contributed by atoms with Gasteiger partial charge in [0.15, 0.2) is 5.82 Å². The highest BCUT2D eigenvalue weighted by molar-refractivity contribution is 9.10. The summed E-state index contributed by atoms with van der Waals surface area (Å²) in [7, 11) is 0. The van der Waals surface area contributed by atoms with E-state index in [4.69, 9.17) is 0 Å². The van der Waals surface area contributed by atoms with Crippen molar-refractivity contribution in [2.45, 2.75) is 20.1 Å². The number of H-pyrrole nitrogens is 2. The van der Waals surface area contributed by atoms with Gasteiger partial charge in [-0.2, -0.15) is 5.10 Å².